The fraction of sp³-hybridized carbons (Fsp3) is 0.643. The zero-order valence-electron chi connectivity index (χ0n) is 12.3. The number of aromatic nitrogens is 3. The number of likely N-dealkylation sites (N-methyl/N-ethyl adjacent to an activating group) is 1. The molecule has 0 atom stereocenters. The average Bonchev–Trinajstić information content (AvgIpc) is 3.10. The summed E-state index contributed by atoms with van der Waals surface area (Å²) in [4.78, 5) is 16.4. The maximum Gasteiger partial charge on any atom is 0.250 e. The van der Waals surface area contributed by atoms with Crippen LogP contribution in [0.15, 0.2) is 18.0 Å². The molecule has 1 aromatic heterocycles. The third-order valence-electron chi connectivity index (χ3n) is 3.62. The Morgan fingerprint density at radius 2 is 2.15 bits per heavy atom. The van der Waals surface area contributed by atoms with E-state index in [-0.39, 0.29) is 5.91 Å². The van der Waals surface area contributed by atoms with Crippen LogP contribution in [0.5, 0.6) is 0 Å². The SMILES string of the molecule is CC(=Cn1ccnn1)C(=O)N(C)CCCN1CCCC1. The summed E-state index contributed by atoms with van der Waals surface area (Å²) < 4.78 is 1.55. The number of carbonyl (C=O) groups is 1. The van der Waals surface area contributed by atoms with Crippen LogP contribution in [0.4, 0.5) is 0 Å². The molecule has 0 saturated carbocycles. The molecule has 2 rings (SSSR count). The minimum Gasteiger partial charge on any atom is -0.342 e. The predicted molar refractivity (Wildman–Crippen MR) is 77.9 cm³/mol. The molecule has 0 aromatic carbocycles. The number of hydrogen-bond acceptors (Lipinski definition) is 4. The normalized spacial score (nSPS) is 16.6. The van der Waals surface area contributed by atoms with Crippen molar-refractivity contribution in [3.8, 4) is 0 Å². The maximum atomic E-state index is 12.2. The molecule has 6 heteroatoms. The molecule has 1 aliphatic rings. The first-order valence-corrected chi connectivity index (χ1v) is 7.19. The summed E-state index contributed by atoms with van der Waals surface area (Å²) in [6, 6.07) is 0. The van der Waals surface area contributed by atoms with E-state index in [4.69, 9.17) is 0 Å². The molecule has 1 amide bonds. The van der Waals surface area contributed by atoms with Crippen LogP contribution in [0, 0.1) is 0 Å². The van der Waals surface area contributed by atoms with Crippen LogP contribution in [-0.2, 0) is 4.79 Å². The maximum absolute atomic E-state index is 12.2. The van der Waals surface area contributed by atoms with Crippen molar-refractivity contribution < 1.29 is 4.79 Å². The van der Waals surface area contributed by atoms with E-state index in [1.165, 1.54) is 25.9 Å². The fourth-order valence-corrected chi connectivity index (χ4v) is 2.48. The molecule has 110 valence electrons. The molecule has 0 bridgehead atoms. The van der Waals surface area contributed by atoms with Gasteiger partial charge < -0.3 is 9.80 Å². The van der Waals surface area contributed by atoms with Gasteiger partial charge in [0.05, 0.1) is 12.4 Å². The first-order valence-electron chi connectivity index (χ1n) is 7.19. The first kappa shape index (κ1) is 14.7. The second kappa shape index (κ2) is 7.19. The highest BCUT2D eigenvalue weighted by Gasteiger charge is 2.13. The van der Waals surface area contributed by atoms with Gasteiger partial charge in [-0.3, -0.25) is 4.79 Å². The summed E-state index contributed by atoms with van der Waals surface area (Å²) in [5.74, 6) is 0.0434. The zero-order chi connectivity index (χ0) is 14.4. The quantitative estimate of drug-likeness (QED) is 0.730. The lowest BCUT2D eigenvalue weighted by Gasteiger charge is -2.20. The highest BCUT2D eigenvalue weighted by atomic mass is 16.2. The van der Waals surface area contributed by atoms with Gasteiger partial charge in [-0.15, -0.1) is 5.10 Å². The van der Waals surface area contributed by atoms with Gasteiger partial charge >= 0.3 is 0 Å². The summed E-state index contributed by atoms with van der Waals surface area (Å²) in [5.41, 5.74) is 0.666. The molecule has 1 fully saturated rings. The summed E-state index contributed by atoms with van der Waals surface area (Å²) >= 11 is 0. The van der Waals surface area contributed by atoms with E-state index in [1.807, 2.05) is 7.05 Å². The van der Waals surface area contributed by atoms with Crippen LogP contribution >= 0.6 is 0 Å². The van der Waals surface area contributed by atoms with Gasteiger partial charge in [0, 0.05) is 25.4 Å². The van der Waals surface area contributed by atoms with Crippen molar-refractivity contribution in [1.82, 2.24) is 24.8 Å². The van der Waals surface area contributed by atoms with Gasteiger partial charge in [0.25, 0.3) is 5.91 Å². The minimum atomic E-state index is 0.0434. The highest BCUT2D eigenvalue weighted by molar-refractivity contribution is 5.95. The van der Waals surface area contributed by atoms with Gasteiger partial charge in [0.15, 0.2) is 0 Å². The van der Waals surface area contributed by atoms with Gasteiger partial charge in [0.2, 0.25) is 0 Å². The fourth-order valence-electron chi connectivity index (χ4n) is 2.48. The molecule has 1 aromatic rings. The molecule has 0 spiro atoms. The topological polar surface area (TPSA) is 54.3 Å². The standard InChI is InChI=1S/C14H23N5O/c1-13(12-19-11-6-15-16-19)14(20)17(2)7-5-10-18-8-3-4-9-18/h6,11-12H,3-5,7-10H2,1-2H3. The van der Waals surface area contributed by atoms with E-state index in [0.29, 0.717) is 5.57 Å². The van der Waals surface area contributed by atoms with Crippen molar-refractivity contribution in [2.24, 2.45) is 0 Å². The van der Waals surface area contributed by atoms with E-state index in [2.05, 4.69) is 15.2 Å². The van der Waals surface area contributed by atoms with E-state index in [1.54, 1.807) is 35.1 Å². The largest absolute Gasteiger partial charge is 0.342 e. The van der Waals surface area contributed by atoms with Gasteiger partial charge in [-0.1, -0.05) is 5.21 Å². The molecular weight excluding hydrogens is 254 g/mol. The molecule has 0 N–H and O–H groups in total. The third-order valence-corrected chi connectivity index (χ3v) is 3.62. The van der Waals surface area contributed by atoms with Gasteiger partial charge in [-0.2, -0.15) is 0 Å². The van der Waals surface area contributed by atoms with Crippen molar-refractivity contribution in [2.75, 3.05) is 33.2 Å². The van der Waals surface area contributed by atoms with Crippen molar-refractivity contribution in [3.05, 3.63) is 18.0 Å². The van der Waals surface area contributed by atoms with Gasteiger partial charge in [-0.25, -0.2) is 4.68 Å². The molecule has 6 nitrogen and oxygen atoms in total. The van der Waals surface area contributed by atoms with E-state index in [9.17, 15) is 4.79 Å². The Bertz CT molecular complexity index is 448. The Balaban J connectivity index is 1.76. The number of nitrogens with zero attached hydrogens (tertiary/aromatic N) is 5. The summed E-state index contributed by atoms with van der Waals surface area (Å²) in [7, 11) is 1.85. The zero-order valence-corrected chi connectivity index (χ0v) is 12.3. The van der Waals surface area contributed by atoms with Gasteiger partial charge in [0.1, 0.15) is 0 Å². The number of likely N-dealkylation sites (tertiary alicyclic amines) is 1. The molecule has 0 aliphatic carbocycles. The number of carbonyl (C=O) groups excluding carboxylic acids is 1. The van der Waals surface area contributed by atoms with Crippen molar-refractivity contribution in [3.63, 3.8) is 0 Å². The smallest absolute Gasteiger partial charge is 0.250 e. The monoisotopic (exact) mass is 277 g/mol. The van der Waals surface area contributed by atoms with Crippen LogP contribution in [0.25, 0.3) is 6.20 Å². The summed E-state index contributed by atoms with van der Waals surface area (Å²) in [5, 5.41) is 7.54. The Kier molecular flexibility index (Phi) is 5.29. The van der Waals surface area contributed by atoms with Crippen molar-refractivity contribution in [2.45, 2.75) is 26.2 Å². The molecule has 1 saturated heterocycles. The molecule has 2 heterocycles. The Hall–Kier alpha value is -1.69. The van der Waals surface area contributed by atoms with E-state index < -0.39 is 0 Å². The first-order chi connectivity index (χ1) is 9.66. The molecular formula is C14H23N5O. The Morgan fingerprint density at radius 1 is 1.40 bits per heavy atom. The molecule has 0 unspecified atom stereocenters. The lowest BCUT2D eigenvalue weighted by atomic mass is 10.2. The number of rotatable bonds is 6. The molecule has 1 aliphatic heterocycles. The van der Waals surface area contributed by atoms with Gasteiger partial charge in [-0.05, 0) is 45.8 Å². The Morgan fingerprint density at radius 3 is 2.80 bits per heavy atom. The molecule has 0 radical (unpaired) electrons. The number of amides is 1. The van der Waals surface area contributed by atoms with Crippen molar-refractivity contribution in [1.29, 1.82) is 0 Å². The van der Waals surface area contributed by atoms with Crippen LogP contribution in [0.1, 0.15) is 26.2 Å². The van der Waals surface area contributed by atoms with Crippen LogP contribution in [-0.4, -0.2) is 63.9 Å². The Labute approximate surface area is 120 Å². The van der Waals surface area contributed by atoms with E-state index in [0.717, 1.165) is 19.5 Å². The summed E-state index contributed by atoms with van der Waals surface area (Å²) in [6.07, 6.45) is 8.66. The lowest BCUT2D eigenvalue weighted by Crippen LogP contribution is -2.31. The van der Waals surface area contributed by atoms with Crippen LogP contribution in [0.3, 0.4) is 0 Å². The summed E-state index contributed by atoms with van der Waals surface area (Å²) in [6.45, 7) is 6.11. The van der Waals surface area contributed by atoms with Crippen molar-refractivity contribution >= 4 is 12.1 Å². The molecule has 20 heavy (non-hydrogen) atoms. The van der Waals surface area contributed by atoms with Crippen LogP contribution in [0.2, 0.25) is 0 Å². The second-order valence-electron chi connectivity index (χ2n) is 5.32. The minimum absolute atomic E-state index is 0.0434. The van der Waals surface area contributed by atoms with E-state index >= 15 is 0 Å². The second-order valence-corrected chi connectivity index (χ2v) is 5.32. The third kappa shape index (κ3) is 4.16. The predicted octanol–water partition coefficient (Wildman–Crippen LogP) is 1.08. The highest BCUT2D eigenvalue weighted by Crippen LogP contribution is 2.08. The van der Waals surface area contributed by atoms with Crippen LogP contribution < -0.4 is 0 Å². The average molecular weight is 277 g/mol. The lowest BCUT2D eigenvalue weighted by molar-refractivity contribution is -0.125. The number of hydrogen-bond donors (Lipinski definition) is 0.